The van der Waals surface area contributed by atoms with Crippen LogP contribution in [0.5, 0.6) is 0 Å². The molecule has 0 N–H and O–H groups in total. The minimum absolute atomic E-state index is 0.0943. The number of Topliss-reactive ketones (excluding diaryl/α,β-unsaturated/α-hetero) is 1. The summed E-state index contributed by atoms with van der Waals surface area (Å²) in [6.45, 7) is 0. The lowest BCUT2D eigenvalue weighted by Gasteiger charge is -2.52. The largest absolute Gasteiger partial charge is 0.360 e. The Hall–Kier alpha value is -1.32. The summed E-state index contributed by atoms with van der Waals surface area (Å²) in [4.78, 5) is 14.9. The zero-order valence-electron chi connectivity index (χ0n) is 12.6. The van der Waals surface area contributed by atoms with E-state index < -0.39 is 0 Å². The molecule has 23 heavy (non-hydrogen) atoms. The molecule has 1 unspecified atom stereocenters. The summed E-state index contributed by atoms with van der Waals surface area (Å²) in [6.07, 6.45) is 2.75. The van der Waals surface area contributed by atoms with E-state index in [0.29, 0.717) is 18.2 Å². The molecule has 0 spiro atoms. The number of hydrogen-bond acceptors (Lipinski definition) is 2. The summed E-state index contributed by atoms with van der Waals surface area (Å²) in [5.41, 5.74) is 2.37. The number of benzene rings is 2. The molecule has 4 heteroatoms. The predicted molar refractivity (Wildman–Crippen MR) is 97.0 cm³/mol. The van der Waals surface area contributed by atoms with Crippen LogP contribution < -0.4 is 4.90 Å². The second-order valence-electron chi connectivity index (χ2n) is 6.39. The van der Waals surface area contributed by atoms with Gasteiger partial charge in [-0.15, -0.1) is 0 Å². The first-order chi connectivity index (χ1) is 11.1. The van der Waals surface area contributed by atoms with Gasteiger partial charge in [-0.05, 0) is 54.8 Å². The van der Waals surface area contributed by atoms with Gasteiger partial charge < -0.3 is 4.90 Å². The number of rotatable bonds is 2. The molecule has 5 rings (SSSR count). The van der Waals surface area contributed by atoms with Crippen molar-refractivity contribution in [1.82, 2.24) is 0 Å². The maximum absolute atomic E-state index is 12.5. The minimum atomic E-state index is 0.0943. The van der Waals surface area contributed by atoms with Gasteiger partial charge in [0, 0.05) is 33.6 Å². The number of carbonyl (C=O) groups is 1. The van der Waals surface area contributed by atoms with Crippen LogP contribution in [0.4, 0.5) is 5.69 Å². The van der Waals surface area contributed by atoms with Crippen LogP contribution in [0.2, 0.25) is 5.02 Å². The molecule has 3 fully saturated rings. The molecule has 2 heterocycles. The molecule has 118 valence electrons. The van der Waals surface area contributed by atoms with E-state index in [-0.39, 0.29) is 12.0 Å². The number of piperidine rings is 2. The number of carbonyl (C=O) groups excluding carboxylic acids is 1. The Morgan fingerprint density at radius 1 is 1.00 bits per heavy atom. The summed E-state index contributed by atoms with van der Waals surface area (Å²) in [5.74, 6) is 0.510. The summed E-state index contributed by atoms with van der Waals surface area (Å²) in [6, 6.07) is 16.8. The van der Waals surface area contributed by atoms with Crippen LogP contribution >= 0.6 is 27.5 Å². The molecule has 3 aliphatic rings. The van der Waals surface area contributed by atoms with Crippen molar-refractivity contribution < 1.29 is 4.79 Å². The van der Waals surface area contributed by atoms with Gasteiger partial charge in [-0.1, -0.05) is 39.7 Å². The van der Waals surface area contributed by atoms with Crippen LogP contribution in [0.15, 0.2) is 53.0 Å². The van der Waals surface area contributed by atoms with Crippen LogP contribution in [0.25, 0.3) is 0 Å². The molecule has 0 aromatic heterocycles. The van der Waals surface area contributed by atoms with Gasteiger partial charge in [-0.25, -0.2) is 0 Å². The summed E-state index contributed by atoms with van der Waals surface area (Å²) < 4.78 is 1.06. The third-order valence-corrected chi connectivity index (χ3v) is 5.85. The standard InChI is InChI=1S/C19H17BrClNO/c20-13-3-1-12(2-4-13)19-17-10-9-16(11-18(17)23)22(19)15-7-5-14(21)6-8-15/h1-8,16-17,19H,9-11H2/t16-,17+,19?/m0/s1. The zero-order valence-corrected chi connectivity index (χ0v) is 14.9. The molecular formula is C19H17BrClNO. The molecule has 1 saturated carbocycles. The van der Waals surface area contributed by atoms with E-state index in [2.05, 4.69) is 57.2 Å². The quantitative estimate of drug-likeness (QED) is 0.684. The monoisotopic (exact) mass is 389 g/mol. The Balaban J connectivity index is 1.79. The SMILES string of the molecule is O=C1C[C@@H]2CC[C@H]1C(c1ccc(Br)cc1)N2c1ccc(Cl)cc1. The van der Waals surface area contributed by atoms with E-state index >= 15 is 0 Å². The van der Waals surface area contributed by atoms with Gasteiger partial charge >= 0.3 is 0 Å². The van der Waals surface area contributed by atoms with E-state index in [1.54, 1.807) is 0 Å². The third-order valence-electron chi connectivity index (χ3n) is 5.07. The molecule has 1 aliphatic carbocycles. The molecule has 3 atom stereocenters. The minimum Gasteiger partial charge on any atom is -0.360 e. The molecule has 2 saturated heterocycles. The van der Waals surface area contributed by atoms with E-state index in [4.69, 9.17) is 11.6 Å². The fourth-order valence-electron chi connectivity index (χ4n) is 4.05. The average Bonchev–Trinajstić information content (AvgIpc) is 2.56. The van der Waals surface area contributed by atoms with Gasteiger partial charge in [0.15, 0.2) is 0 Å². The van der Waals surface area contributed by atoms with Gasteiger partial charge in [0.05, 0.1) is 6.04 Å². The highest BCUT2D eigenvalue weighted by Crippen LogP contribution is 2.48. The topological polar surface area (TPSA) is 20.3 Å². The van der Waals surface area contributed by atoms with E-state index in [0.717, 1.165) is 28.0 Å². The first-order valence-corrected chi connectivity index (χ1v) is 9.12. The number of anilines is 1. The highest BCUT2D eigenvalue weighted by atomic mass is 79.9. The van der Waals surface area contributed by atoms with Crippen LogP contribution in [0, 0.1) is 5.92 Å². The molecule has 2 bridgehead atoms. The number of halogens is 2. The van der Waals surface area contributed by atoms with Crippen molar-refractivity contribution in [2.45, 2.75) is 31.3 Å². The summed E-state index contributed by atoms with van der Waals surface area (Å²) >= 11 is 9.54. The van der Waals surface area contributed by atoms with Crippen molar-refractivity contribution in [1.29, 1.82) is 0 Å². The van der Waals surface area contributed by atoms with Crippen molar-refractivity contribution in [3.8, 4) is 0 Å². The fraction of sp³-hybridized carbons (Fsp3) is 0.316. The van der Waals surface area contributed by atoms with Crippen molar-refractivity contribution in [3.05, 3.63) is 63.6 Å². The maximum atomic E-state index is 12.5. The number of fused-ring (bicyclic) bond motifs is 3. The lowest BCUT2D eigenvalue weighted by atomic mass is 9.71. The molecule has 2 aromatic carbocycles. The maximum Gasteiger partial charge on any atom is 0.140 e. The second-order valence-corrected chi connectivity index (χ2v) is 7.74. The predicted octanol–water partition coefficient (Wildman–Crippen LogP) is 5.40. The molecule has 0 radical (unpaired) electrons. The lowest BCUT2D eigenvalue weighted by Crippen LogP contribution is -2.54. The molecule has 2 aliphatic heterocycles. The van der Waals surface area contributed by atoms with Crippen molar-refractivity contribution in [2.75, 3.05) is 4.90 Å². The second kappa shape index (κ2) is 5.95. The van der Waals surface area contributed by atoms with Crippen LogP contribution in [0.3, 0.4) is 0 Å². The molecule has 2 aromatic rings. The molecule has 2 nitrogen and oxygen atoms in total. The van der Waals surface area contributed by atoms with Crippen LogP contribution in [0.1, 0.15) is 30.9 Å². The Labute approximate surface area is 149 Å². The average molecular weight is 391 g/mol. The first-order valence-electron chi connectivity index (χ1n) is 7.95. The third kappa shape index (κ3) is 2.70. The molecular weight excluding hydrogens is 374 g/mol. The van der Waals surface area contributed by atoms with E-state index in [1.165, 1.54) is 5.56 Å². The normalized spacial score (nSPS) is 26.6. The summed E-state index contributed by atoms with van der Waals surface area (Å²) in [7, 11) is 0. The van der Waals surface area contributed by atoms with Gasteiger partial charge in [-0.2, -0.15) is 0 Å². The van der Waals surface area contributed by atoms with E-state index in [1.807, 2.05) is 12.1 Å². The highest BCUT2D eigenvalue weighted by molar-refractivity contribution is 9.10. The highest BCUT2D eigenvalue weighted by Gasteiger charge is 2.47. The van der Waals surface area contributed by atoms with Crippen molar-refractivity contribution >= 4 is 39.0 Å². The van der Waals surface area contributed by atoms with Gasteiger partial charge in [-0.3, -0.25) is 4.79 Å². The Morgan fingerprint density at radius 3 is 2.35 bits per heavy atom. The Bertz CT molecular complexity index is 728. The number of ketones is 1. The molecule has 0 amide bonds. The Morgan fingerprint density at radius 2 is 1.70 bits per heavy atom. The van der Waals surface area contributed by atoms with Gasteiger partial charge in [0.2, 0.25) is 0 Å². The van der Waals surface area contributed by atoms with Gasteiger partial charge in [0.25, 0.3) is 0 Å². The Kier molecular flexibility index (Phi) is 3.94. The van der Waals surface area contributed by atoms with Crippen LogP contribution in [-0.2, 0) is 4.79 Å². The smallest absolute Gasteiger partial charge is 0.140 e. The fourth-order valence-corrected chi connectivity index (χ4v) is 4.44. The lowest BCUT2D eigenvalue weighted by molar-refractivity contribution is -0.128. The van der Waals surface area contributed by atoms with E-state index in [9.17, 15) is 4.79 Å². The summed E-state index contributed by atoms with van der Waals surface area (Å²) in [5, 5.41) is 0.743. The van der Waals surface area contributed by atoms with Crippen molar-refractivity contribution in [2.24, 2.45) is 5.92 Å². The van der Waals surface area contributed by atoms with Crippen LogP contribution in [-0.4, -0.2) is 11.8 Å². The zero-order chi connectivity index (χ0) is 16.0. The number of hydrogen-bond donors (Lipinski definition) is 0. The first kappa shape index (κ1) is 15.2. The number of nitrogens with zero attached hydrogens (tertiary/aromatic N) is 1. The van der Waals surface area contributed by atoms with Gasteiger partial charge in [0.1, 0.15) is 5.78 Å². The van der Waals surface area contributed by atoms with Crippen molar-refractivity contribution in [3.63, 3.8) is 0 Å².